The molecule has 0 radical (unpaired) electrons. The molecule has 11 heteroatoms. The van der Waals surface area contributed by atoms with Crippen LogP contribution in [0, 0.1) is 11.3 Å². The van der Waals surface area contributed by atoms with E-state index in [0.29, 0.717) is 58.4 Å². The van der Waals surface area contributed by atoms with Crippen LogP contribution in [0.25, 0.3) is 33.7 Å². The molecular weight excluding hydrogens is 546 g/mol. The topological polar surface area (TPSA) is 123 Å². The molecule has 41 heavy (non-hydrogen) atoms. The molecule has 1 saturated heterocycles. The fourth-order valence-electron chi connectivity index (χ4n) is 4.67. The van der Waals surface area contributed by atoms with E-state index in [9.17, 15) is 10.1 Å². The second-order valence-electron chi connectivity index (χ2n) is 9.22. The number of nitriles is 1. The van der Waals surface area contributed by atoms with Crippen LogP contribution in [0.4, 0.5) is 0 Å². The van der Waals surface area contributed by atoms with Crippen LogP contribution in [0.1, 0.15) is 28.8 Å². The number of allylic oxidation sites excluding steroid dienone is 2. The van der Waals surface area contributed by atoms with Gasteiger partial charge in [-0.05, 0) is 42.0 Å². The lowest BCUT2D eigenvalue weighted by Gasteiger charge is -2.23. The Bertz CT molecular complexity index is 1690. The summed E-state index contributed by atoms with van der Waals surface area (Å²) in [5, 5.41) is 11.2. The zero-order valence-electron chi connectivity index (χ0n) is 22.1. The minimum absolute atomic E-state index is 0. The first-order valence-corrected chi connectivity index (χ1v) is 12.8. The molecule has 5 heterocycles. The number of halogens is 1. The van der Waals surface area contributed by atoms with Gasteiger partial charge in [-0.3, -0.25) is 15.2 Å². The molecule has 0 atom stereocenters. The highest BCUT2D eigenvalue weighted by molar-refractivity contribution is 5.96. The van der Waals surface area contributed by atoms with E-state index in [1.807, 2.05) is 18.2 Å². The van der Waals surface area contributed by atoms with Crippen molar-refractivity contribution in [2.75, 3.05) is 20.3 Å². The summed E-state index contributed by atoms with van der Waals surface area (Å²) in [5.41, 5.74) is 6.80. The van der Waals surface area contributed by atoms with Crippen LogP contribution in [-0.2, 0) is 4.74 Å². The maximum absolute atomic E-state index is 12.9. The lowest BCUT2D eigenvalue weighted by atomic mass is 10.0. The van der Waals surface area contributed by atoms with Crippen molar-refractivity contribution in [3.63, 3.8) is 0 Å². The highest BCUT2D eigenvalue weighted by Gasteiger charge is 2.22. The van der Waals surface area contributed by atoms with Gasteiger partial charge in [0.25, 0.3) is 5.91 Å². The molecule has 1 N–H and O–H groups in total. The number of benzene rings is 1. The molecule has 2 aliphatic rings. The van der Waals surface area contributed by atoms with Crippen LogP contribution in [0.2, 0.25) is 0 Å². The SMILES string of the molecule is COc1cc(C(=O)N2C=CC=CN2)cnc1-c1cc2nccc(-c3ccc(OC4CCOCC4)c(C#N)c3)c2o1.Cl. The summed E-state index contributed by atoms with van der Waals surface area (Å²) in [7, 11) is 1.51. The zero-order valence-corrected chi connectivity index (χ0v) is 22.9. The number of methoxy groups -OCH3 is 1. The Hall–Kier alpha value is -4.85. The molecule has 1 amide bonds. The van der Waals surface area contributed by atoms with Gasteiger partial charge in [0.1, 0.15) is 34.9 Å². The van der Waals surface area contributed by atoms with Gasteiger partial charge >= 0.3 is 0 Å². The van der Waals surface area contributed by atoms with Crippen LogP contribution in [0.5, 0.6) is 11.5 Å². The monoisotopic (exact) mass is 571 g/mol. The maximum atomic E-state index is 12.9. The summed E-state index contributed by atoms with van der Waals surface area (Å²) in [6.07, 6.45) is 11.6. The third kappa shape index (κ3) is 5.59. The highest BCUT2D eigenvalue weighted by atomic mass is 35.5. The van der Waals surface area contributed by atoms with Crippen LogP contribution in [-0.4, -0.2) is 47.3 Å². The largest absolute Gasteiger partial charge is 0.494 e. The summed E-state index contributed by atoms with van der Waals surface area (Å²) in [6.45, 7) is 1.31. The summed E-state index contributed by atoms with van der Waals surface area (Å²) < 4.78 is 23.3. The molecule has 2 aliphatic heterocycles. The fourth-order valence-corrected chi connectivity index (χ4v) is 4.67. The van der Waals surface area contributed by atoms with Crippen LogP contribution >= 0.6 is 12.4 Å². The second-order valence-corrected chi connectivity index (χ2v) is 9.22. The normalized spacial score (nSPS) is 14.7. The van der Waals surface area contributed by atoms with Gasteiger partial charge in [-0.25, -0.2) is 9.99 Å². The van der Waals surface area contributed by atoms with Crippen molar-refractivity contribution in [1.29, 1.82) is 5.26 Å². The molecule has 4 aromatic rings. The zero-order chi connectivity index (χ0) is 27.5. The third-order valence-corrected chi connectivity index (χ3v) is 6.71. The van der Waals surface area contributed by atoms with E-state index in [1.54, 1.807) is 48.9 Å². The van der Waals surface area contributed by atoms with Crippen LogP contribution < -0.4 is 14.9 Å². The molecular formula is C30H26ClN5O5. The first kappa shape index (κ1) is 27.7. The van der Waals surface area contributed by atoms with E-state index in [4.69, 9.17) is 18.6 Å². The van der Waals surface area contributed by atoms with E-state index >= 15 is 0 Å². The van der Waals surface area contributed by atoms with Crippen LogP contribution in [0.3, 0.4) is 0 Å². The number of hydrazine groups is 1. The second kappa shape index (κ2) is 12.1. The van der Waals surface area contributed by atoms with E-state index in [1.165, 1.54) is 18.3 Å². The number of rotatable bonds is 6. The number of nitrogens with one attached hydrogen (secondary N) is 1. The number of nitrogens with zero attached hydrogens (tertiary/aromatic N) is 4. The smallest absolute Gasteiger partial charge is 0.278 e. The molecule has 0 aliphatic carbocycles. The molecule has 1 fully saturated rings. The average Bonchev–Trinajstić information content (AvgIpc) is 3.46. The molecule has 0 bridgehead atoms. The maximum Gasteiger partial charge on any atom is 0.278 e. The predicted molar refractivity (Wildman–Crippen MR) is 153 cm³/mol. The lowest BCUT2D eigenvalue weighted by Crippen LogP contribution is -2.36. The molecule has 3 aromatic heterocycles. The Morgan fingerprint density at radius 2 is 1.98 bits per heavy atom. The number of fused-ring (bicyclic) bond motifs is 1. The van der Waals surface area contributed by atoms with Gasteiger partial charge in [0.05, 0.1) is 31.5 Å². The standard InChI is InChI=1S/C30H25N5O5.ClH/c1-37-26-15-21(30(36)35-11-3-2-9-34-35)18-33-28(26)27-16-24-29(40-27)23(6-10-32-24)19-4-5-25(20(14-19)17-31)39-22-7-12-38-13-8-22;/h2-6,9-11,14-16,18,22,34H,7-8,12-13H2,1H3;1H. The Balaban J connectivity index is 0.00000337. The molecule has 0 spiro atoms. The minimum atomic E-state index is -0.288. The number of furan rings is 1. The van der Waals surface area contributed by atoms with Gasteiger partial charge in [0, 0.05) is 49.3 Å². The van der Waals surface area contributed by atoms with E-state index in [-0.39, 0.29) is 24.4 Å². The first-order valence-electron chi connectivity index (χ1n) is 12.8. The van der Waals surface area contributed by atoms with Crippen molar-refractivity contribution in [3.05, 3.63) is 84.5 Å². The number of aromatic nitrogens is 2. The highest BCUT2D eigenvalue weighted by Crippen LogP contribution is 2.37. The number of hydrogen-bond acceptors (Lipinski definition) is 9. The van der Waals surface area contributed by atoms with E-state index in [2.05, 4.69) is 21.5 Å². The summed E-state index contributed by atoms with van der Waals surface area (Å²) in [4.78, 5) is 21.8. The Labute approximate surface area is 242 Å². The van der Waals surface area contributed by atoms with Crippen molar-refractivity contribution in [2.24, 2.45) is 0 Å². The van der Waals surface area contributed by atoms with E-state index < -0.39 is 0 Å². The number of hydrogen-bond donors (Lipinski definition) is 1. The summed E-state index contributed by atoms with van der Waals surface area (Å²) in [5.74, 6) is 1.08. The van der Waals surface area contributed by atoms with Crippen molar-refractivity contribution in [3.8, 4) is 40.1 Å². The van der Waals surface area contributed by atoms with Crippen molar-refractivity contribution < 1.29 is 23.4 Å². The Morgan fingerprint density at radius 1 is 1.12 bits per heavy atom. The molecule has 1 aromatic carbocycles. The van der Waals surface area contributed by atoms with Gasteiger partial charge in [0.2, 0.25) is 0 Å². The number of ether oxygens (including phenoxy) is 3. The molecule has 0 saturated carbocycles. The number of carbonyl (C=O) groups is 1. The number of carbonyl (C=O) groups excluding carboxylic acids is 1. The Kier molecular flexibility index (Phi) is 8.19. The van der Waals surface area contributed by atoms with Gasteiger partial charge in [0.15, 0.2) is 11.3 Å². The van der Waals surface area contributed by atoms with E-state index in [0.717, 1.165) is 24.0 Å². The number of amides is 1. The minimum Gasteiger partial charge on any atom is -0.494 e. The fraction of sp³-hybridized carbons (Fsp3) is 0.200. The van der Waals surface area contributed by atoms with Gasteiger partial charge in [-0.15, -0.1) is 12.4 Å². The predicted octanol–water partition coefficient (Wildman–Crippen LogP) is 5.40. The molecule has 0 unspecified atom stereocenters. The number of pyridine rings is 2. The summed E-state index contributed by atoms with van der Waals surface area (Å²) >= 11 is 0. The lowest BCUT2D eigenvalue weighted by molar-refractivity contribution is 0.0254. The van der Waals surface area contributed by atoms with Crippen molar-refractivity contribution >= 4 is 29.4 Å². The molecule has 6 rings (SSSR count). The van der Waals surface area contributed by atoms with Crippen molar-refractivity contribution in [2.45, 2.75) is 18.9 Å². The quantitative estimate of drug-likeness (QED) is 0.324. The van der Waals surface area contributed by atoms with Crippen molar-refractivity contribution in [1.82, 2.24) is 20.4 Å². The van der Waals surface area contributed by atoms with Gasteiger partial charge in [-0.1, -0.05) is 6.07 Å². The average molecular weight is 572 g/mol. The molecule has 208 valence electrons. The molecule has 10 nitrogen and oxygen atoms in total. The Morgan fingerprint density at radius 3 is 2.73 bits per heavy atom. The first-order chi connectivity index (χ1) is 19.6. The van der Waals surface area contributed by atoms with Gasteiger partial charge in [-0.2, -0.15) is 5.26 Å². The third-order valence-electron chi connectivity index (χ3n) is 6.71. The van der Waals surface area contributed by atoms with Crippen LogP contribution in [0.15, 0.2) is 77.8 Å². The summed E-state index contributed by atoms with van der Waals surface area (Å²) in [6, 6.07) is 13.0. The van der Waals surface area contributed by atoms with Gasteiger partial charge < -0.3 is 18.6 Å².